The molecular weight excluding hydrogens is 950 g/mol. The van der Waals surface area contributed by atoms with E-state index in [4.69, 9.17) is 48.9 Å². The molecule has 20 nitrogen and oxygen atoms in total. The Hall–Kier alpha value is -5.23. The zero-order valence-electron chi connectivity index (χ0n) is 37.7. The van der Waals surface area contributed by atoms with E-state index in [1.165, 1.54) is 13.8 Å². The predicted octanol–water partition coefficient (Wildman–Crippen LogP) is 0.531. The van der Waals surface area contributed by atoms with Gasteiger partial charge in [0, 0.05) is 48.7 Å². The molecule has 0 aromatic heterocycles. The van der Waals surface area contributed by atoms with Crippen LogP contribution >= 0.6 is 23.2 Å². The summed E-state index contributed by atoms with van der Waals surface area (Å²) >= 11 is 12.7. The summed E-state index contributed by atoms with van der Waals surface area (Å²) in [6.07, 6.45) is -7.89. The van der Waals surface area contributed by atoms with E-state index in [1.54, 1.807) is 72.8 Å². The van der Waals surface area contributed by atoms with E-state index < -0.39 is 121 Å². The van der Waals surface area contributed by atoms with Gasteiger partial charge in [0.05, 0.1) is 46.7 Å². The molecule has 1 saturated heterocycles. The Morgan fingerprint density at radius 1 is 0.941 bits per heavy atom. The summed E-state index contributed by atoms with van der Waals surface area (Å²) < 4.78 is 30.1. The summed E-state index contributed by atoms with van der Waals surface area (Å²) in [6.45, 7) is 2.67. The molecule has 0 saturated carbocycles. The second-order valence-corrected chi connectivity index (χ2v) is 18.5. The van der Waals surface area contributed by atoms with Crippen molar-refractivity contribution < 1.29 is 62.5 Å². The van der Waals surface area contributed by atoms with Crippen molar-refractivity contribution in [3.63, 3.8) is 0 Å². The predicted molar refractivity (Wildman–Crippen MR) is 252 cm³/mol. The smallest absolute Gasteiger partial charge is 0.329 e. The van der Waals surface area contributed by atoms with Crippen LogP contribution < -0.4 is 32.7 Å². The van der Waals surface area contributed by atoms with Crippen molar-refractivity contribution in [2.75, 3.05) is 36.5 Å². The highest BCUT2D eigenvalue weighted by atomic mass is 35.5. The molecule has 11 N–H and O–H groups in total. The maximum absolute atomic E-state index is 13.5. The van der Waals surface area contributed by atoms with Crippen molar-refractivity contribution in [1.29, 1.82) is 0 Å². The van der Waals surface area contributed by atoms with Gasteiger partial charge >= 0.3 is 5.97 Å². The van der Waals surface area contributed by atoms with E-state index in [0.29, 0.717) is 32.5 Å². The topological polar surface area (TPSA) is 311 Å². The number of hydrogen-bond acceptors (Lipinski definition) is 15. The first-order valence-electron chi connectivity index (χ1n) is 21.6. The number of primary amides is 1. The average molecular weight is 1010 g/mol. The number of ether oxygens (including phenoxy) is 3. The van der Waals surface area contributed by atoms with E-state index in [-0.39, 0.29) is 37.7 Å². The Morgan fingerprint density at radius 2 is 1.60 bits per heavy atom. The molecule has 3 aromatic carbocycles. The van der Waals surface area contributed by atoms with Crippen LogP contribution in [0.25, 0.3) is 0 Å². The van der Waals surface area contributed by atoms with Crippen molar-refractivity contribution in [3.8, 4) is 0 Å². The average Bonchev–Trinajstić information content (AvgIpc) is 3.28. The molecule has 0 aliphatic carbocycles. The number of amides is 5. The quantitative estimate of drug-likeness (QED) is 0.0523. The highest BCUT2D eigenvalue weighted by Gasteiger charge is 2.47. The highest BCUT2D eigenvalue weighted by Crippen LogP contribution is 2.34. The zero-order valence-corrected chi connectivity index (χ0v) is 40.0. The van der Waals surface area contributed by atoms with Crippen molar-refractivity contribution in [2.45, 2.75) is 102 Å². The number of rotatable bonds is 25. The number of aliphatic hydroxyl groups is 3. The lowest BCUT2D eigenvalue weighted by Crippen LogP contribution is -2.65. The minimum absolute atomic E-state index is 0.0487. The van der Waals surface area contributed by atoms with Gasteiger partial charge in [0.25, 0.3) is 0 Å². The summed E-state index contributed by atoms with van der Waals surface area (Å²) in [7, 11) is -1.80. The maximum atomic E-state index is 13.5. The number of esters is 1. The van der Waals surface area contributed by atoms with Gasteiger partial charge in [0.1, 0.15) is 43.0 Å². The molecule has 23 heteroatoms. The molecular formula is C45H59Cl2N7O13S. The Morgan fingerprint density at radius 3 is 2.24 bits per heavy atom. The lowest BCUT2D eigenvalue weighted by atomic mass is 9.96. The minimum atomic E-state index is -1.80. The first-order valence-corrected chi connectivity index (χ1v) is 23.8. The van der Waals surface area contributed by atoms with E-state index in [2.05, 4.69) is 21.3 Å². The molecule has 372 valence electrons. The second kappa shape index (κ2) is 27.1. The summed E-state index contributed by atoms with van der Waals surface area (Å²) in [5, 5.41) is 42.8. The van der Waals surface area contributed by atoms with E-state index in [9.17, 15) is 48.3 Å². The van der Waals surface area contributed by atoms with E-state index in [0.717, 1.165) is 11.8 Å². The molecule has 1 aliphatic rings. The van der Waals surface area contributed by atoms with E-state index in [1.807, 2.05) is 0 Å². The number of hydrogen-bond donors (Lipinski definition) is 9. The summed E-state index contributed by atoms with van der Waals surface area (Å²) in [4.78, 5) is 79.4. The number of nitrogens with zero attached hydrogens (tertiary/aromatic N) is 1. The number of carbonyl (C=O) groups is 6. The molecule has 0 bridgehead atoms. The van der Waals surface area contributed by atoms with Gasteiger partial charge < -0.3 is 67.2 Å². The standard InChI is InChI=1S/C45H59Cl2N7O13S/c1-25(66-41-39(51-27(3)56)45(63)67-35(22-55)40(41)59)21-54(43(61)26(2)48)34(42(49)60)16-17-36(57)52-33(44(62)65-23-28-10-5-4-6-11-28)24-68(64)19-18-50-37(58)20-29-12-7-8-15-32(29)53-38-30(46)13-9-14-31(38)47/h4-15,25-26,33-35,39-41,45,53,55,59,63H,16-24,48H2,1-3H3,(H2,49,60)(H,50,58)(H,51,56)(H,52,57)/t25?,26-,33-,34+,35+,39+,40+,41+,45-,68?/m0/s1. The highest BCUT2D eigenvalue weighted by molar-refractivity contribution is 7.85. The van der Waals surface area contributed by atoms with Crippen molar-refractivity contribution in [1.82, 2.24) is 20.9 Å². The molecule has 2 unspecified atom stereocenters. The van der Waals surface area contributed by atoms with Gasteiger partial charge in [-0.1, -0.05) is 77.8 Å². The van der Waals surface area contributed by atoms with Crippen LogP contribution in [0.4, 0.5) is 11.4 Å². The van der Waals surface area contributed by atoms with Crippen LogP contribution in [0.5, 0.6) is 0 Å². The van der Waals surface area contributed by atoms with Gasteiger partial charge in [-0.3, -0.25) is 28.2 Å². The van der Waals surface area contributed by atoms with Gasteiger partial charge in [-0.2, -0.15) is 0 Å². The van der Waals surface area contributed by atoms with Gasteiger partial charge in [-0.25, -0.2) is 4.79 Å². The third-order valence-corrected chi connectivity index (χ3v) is 12.5. The monoisotopic (exact) mass is 1010 g/mol. The normalized spacial score (nSPS) is 20.1. The first-order chi connectivity index (χ1) is 32.3. The van der Waals surface area contributed by atoms with Crippen LogP contribution in [0.1, 0.15) is 44.7 Å². The van der Waals surface area contributed by atoms with Crippen molar-refractivity contribution in [3.05, 3.63) is 94.0 Å². The number of benzene rings is 3. The van der Waals surface area contributed by atoms with Gasteiger partial charge in [-0.05, 0) is 49.6 Å². The van der Waals surface area contributed by atoms with Gasteiger partial charge in [0.15, 0.2) is 6.29 Å². The molecule has 1 heterocycles. The minimum Gasteiger partial charge on any atom is -0.459 e. The van der Waals surface area contributed by atoms with Crippen LogP contribution in [-0.4, -0.2) is 146 Å². The maximum Gasteiger partial charge on any atom is 0.329 e. The molecule has 0 spiro atoms. The Kier molecular flexibility index (Phi) is 22.1. The largest absolute Gasteiger partial charge is 0.459 e. The fraction of sp³-hybridized carbons (Fsp3) is 0.467. The first kappa shape index (κ1) is 55.4. The lowest BCUT2D eigenvalue weighted by Gasteiger charge is -2.44. The Bertz CT molecular complexity index is 2210. The SMILES string of the molecule is CC(=O)N[C@@H]1[C@@H](OC(C)CN(C(=O)[C@H](C)N)[C@H](CCC(=O)N[C@@H](CS(=O)CCNC(=O)Cc2ccccc2Nc2c(Cl)cccc2Cl)C(=O)OCc2ccccc2)C(N)=O)[C@H](O)[C@@H](CO)O[C@@H]1O. The summed E-state index contributed by atoms with van der Waals surface area (Å²) in [5.74, 6) is -4.99. The van der Waals surface area contributed by atoms with Crippen LogP contribution in [0.2, 0.25) is 10.0 Å². The molecule has 5 amide bonds. The Labute approximate surface area is 406 Å². The van der Waals surface area contributed by atoms with Gasteiger partial charge in [0.2, 0.25) is 29.5 Å². The second-order valence-electron chi connectivity index (χ2n) is 16.0. The van der Waals surface area contributed by atoms with Crippen LogP contribution in [-0.2, 0) is 66.8 Å². The number of nitrogens with two attached hydrogens (primary N) is 2. The fourth-order valence-electron chi connectivity index (χ4n) is 7.20. The molecule has 1 aliphatic heterocycles. The number of anilines is 2. The van der Waals surface area contributed by atoms with Crippen molar-refractivity contribution in [2.24, 2.45) is 11.5 Å². The zero-order chi connectivity index (χ0) is 50.1. The molecule has 4 rings (SSSR count). The molecule has 3 aromatic rings. The van der Waals surface area contributed by atoms with Crippen LogP contribution in [0.15, 0.2) is 72.8 Å². The number of nitrogens with one attached hydrogen (secondary N) is 4. The summed E-state index contributed by atoms with van der Waals surface area (Å²) in [6, 6.07) is 15.4. The number of halogens is 2. The molecule has 1 fully saturated rings. The van der Waals surface area contributed by atoms with Crippen LogP contribution in [0.3, 0.4) is 0 Å². The fourth-order valence-corrected chi connectivity index (χ4v) is 8.78. The van der Waals surface area contributed by atoms with E-state index >= 15 is 0 Å². The molecule has 68 heavy (non-hydrogen) atoms. The third-order valence-electron chi connectivity index (χ3n) is 10.5. The number of para-hydroxylation sites is 2. The number of carbonyl (C=O) groups excluding carboxylic acids is 6. The lowest BCUT2D eigenvalue weighted by molar-refractivity contribution is -0.268. The third kappa shape index (κ3) is 16.8. The molecule has 10 atom stereocenters. The van der Waals surface area contributed by atoms with Gasteiger partial charge in [-0.15, -0.1) is 0 Å². The van der Waals surface area contributed by atoms with Crippen LogP contribution in [0, 0.1) is 0 Å². The summed E-state index contributed by atoms with van der Waals surface area (Å²) in [5.41, 5.74) is 14.1. The van der Waals surface area contributed by atoms with Crippen molar-refractivity contribution >= 4 is 80.9 Å². The molecule has 0 radical (unpaired) electrons. The number of aliphatic hydroxyl groups excluding tert-OH is 3. The Balaban J connectivity index is 1.41.